The van der Waals surface area contributed by atoms with E-state index in [1.165, 1.54) is 19.3 Å². The van der Waals surface area contributed by atoms with E-state index in [0.717, 1.165) is 30.4 Å². The highest BCUT2D eigenvalue weighted by molar-refractivity contribution is 5.36. The molecule has 96 valence electrons. The van der Waals surface area contributed by atoms with Crippen molar-refractivity contribution in [1.82, 2.24) is 19.9 Å². The second kappa shape index (κ2) is 5.06. The van der Waals surface area contributed by atoms with Crippen molar-refractivity contribution >= 4 is 5.65 Å². The summed E-state index contributed by atoms with van der Waals surface area (Å²) in [7, 11) is 0. The molecule has 0 bridgehead atoms. The molecule has 1 N–H and O–H groups in total. The van der Waals surface area contributed by atoms with E-state index >= 15 is 0 Å². The normalized spacial score (nSPS) is 23.8. The Morgan fingerprint density at radius 3 is 3.11 bits per heavy atom. The van der Waals surface area contributed by atoms with E-state index in [-0.39, 0.29) is 0 Å². The maximum absolute atomic E-state index is 4.25. The van der Waals surface area contributed by atoms with Gasteiger partial charge in [-0.05, 0) is 30.9 Å². The van der Waals surface area contributed by atoms with Crippen molar-refractivity contribution in [3.8, 4) is 0 Å². The maximum atomic E-state index is 4.25. The van der Waals surface area contributed by atoms with Crippen LogP contribution in [0.2, 0.25) is 0 Å². The smallest absolute Gasteiger partial charge is 0.160 e. The summed E-state index contributed by atoms with van der Waals surface area (Å²) in [4.78, 5) is 0. The van der Waals surface area contributed by atoms with Gasteiger partial charge in [0.1, 0.15) is 5.82 Å². The molecule has 0 aliphatic heterocycles. The van der Waals surface area contributed by atoms with Crippen LogP contribution in [0.3, 0.4) is 0 Å². The lowest BCUT2D eigenvalue weighted by atomic mass is 10.1. The van der Waals surface area contributed by atoms with Crippen LogP contribution in [0.15, 0.2) is 24.4 Å². The molecule has 2 atom stereocenters. The van der Waals surface area contributed by atoms with Crippen molar-refractivity contribution in [2.45, 2.75) is 38.6 Å². The van der Waals surface area contributed by atoms with Gasteiger partial charge in [0.15, 0.2) is 5.65 Å². The predicted molar refractivity (Wildman–Crippen MR) is 71.5 cm³/mol. The van der Waals surface area contributed by atoms with Gasteiger partial charge >= 0.3 is 0 Å². The Hall–Kier alpha value is -1.42. The molecule has 1 saturated carbocycles. The quantitative estimate of drug-likeness (QED) is 0.895. The zero-order valence-corrected chi connectivity index (χ0v) is 10.8. The third kappa shape index (κ3) is 2.25. The van der Waals surface area contributed by atoms with Gasteiger partial charge in [0, 0.05) is 25.2 Å². The van der Waals surface area contributed by atoms with Gasteiger partial charge in [-0.1, -0.05) is 19.4 Å². The molecule has 0 radical (unpaired) electrons. The summed E-state index contributed by atoms with van der Waals surface area (Å²) >= 11 is 0. The van der Waals surface area contributed by atoms with Crippen molar-refractivity contribution in [2.24, 2.45) is 5.92 Å². The standard InChI is InChI=1S/C14H20N4/c1-11-5-4-6-12(11)15-9-8-14-17-16-13-7-2-3-10-18(13)14/h2-3,7,10-12,15H,4-6,8-9H2,1H3. The minimum Gasteiger partial charge on any atom is -0.313 e. The van der Waals surface area contributed by atoms with Gasteiger partial charge in [0.25, 0.3) is 0 Å². The number of nitrogens with zero attached hydrogens (tertiary/aromatic N) is 3. The molecule has 18 heavy (non-hydrogen) atoms. The fourth-order valence-corrected chi connectivity index (χ4v) is 2.88. The topological polar surface area (TPSA) is 42.2 Å². The molecule has 2 aromatic heterocycles. The zero-order chi connectivity index (χ0) is 12.4. The first-order valence-electron chi connectivity index (χ1n) is 6.86. The molecule has 0 aromatic carbocycles. The lowest BCUT2D eigenvalue weighted by molar-refractivity contribution is 0.428. The van der Waals surface area contributed by atoms with Gasteiger partial charge in [0.2, 0.25) is 0 Å². The molecule has 1 aliphatic carbocycles. The SMILES string of the molecule is CC1CCCC1NCCc1nnc2ccccn12. The Labute approximate surface area is 107 Å². The van der Waals surface area contributed by atoms with Gasteiger partial charge in [-0.3, -0.25) is 4.40 Å². The summed E-state index contributed by atoms with van der Waals surface area (Å²) in [6, 6.07) is 6.70. The van der Waals surface area contributed by atoms with Crippen LogP contribution in [0.25, 0.3) is 5.65 Å². The van der Waals surface area contributed by atoms with Crippen LogP contribution in [0.1, 0.15) is 32.0 Å². The molecule has 1 aliphatic rings. The summed E-state index contributed by atoms with van der Waals surface area (Å²) in [6.45, 7) is 3.34. The summed E-state index contributed by atoms with van der Waals surface area (Å²) in [5, 5.41) is 12.1. The number of hydrogen-bond acceptors (Lipinski definition) is 3. The molecule has 2 aromatic rings. The van der Waals surface area contributed by atoms with E-state index in [1.807, 2.05) is 24.4 Å². The molecule has 0 amide bonds. The minimum atomic E-state index is 0.698. The van der Waals surface area contributed by atoms with Crippen LogP contribution in [0, 0.1) is 5.92 Å². The number of hydrogen-bond donors (Lipinski definition) is 1. The van der Waals surface area contributed by atoms with Crippen LogP contribution in [-0.2, 0) is 6.42 Å². The minimum absolute atomic E-state index is 0.698. The van der Waals surface area contributed by atoms with Crippen LogP contribution < -0.4 is 5.32 Å². The van der Waals surface area contributed by atoms with E-state index in [2.05, 4.69) is 26.8 Å². The first-order valence-corrected chi connectivity index (χ1v) is 6.86. The van der Waals surface area contributed by atoms with Crippen LogP contribution in [0.4, 0.5) is 0 Å². The predicted octanol–water partition coefficient (Wildman–Crippen LogP) is 2.05. The number of nitrogens with one attached hydrogen (secondary N) is 1. The molecule has 4 heteroatoms. The average molecular weight is 244 g/mol. The Morgan fingerprint density at radius 2 is 2.28 bits per heavy atom. The molecule has 1 fully saturated rings. The first-order chi connectivity index (χ1) is 8.84. The fourth-order valence-electron chi connectivity index (χ4n) is 2.88. The first kappa shape index (κ1) is 11.7. The summed E-state index contributed by atoms with van der Waals surface area (Å²) in [6.07, 6.45) is 7.03. The average Bonchev–Trinajstić information content (AvgIpc) is 2.97. The Kier molecular flexibility index (Phi) is 3.28. The molecule has 0 spiro atoms. The van der Waals surface area contributed by atoms with Gasteiger partial charge in [-0.25, -0.2) is 0 Å². The van der Waals surface area contributed by atoms with Crippen molar-refractivity contribution in [3.63, 3.8) is 0 Å². The van der Waals surface area contributed by atoms with E-state index in [1.54, 1.807) is 0 Å². The monoisotopic (exact) mass is 244 g/mol. The Morgan fingerprint density at radius 1 is 1.33 bits per heavy atom. The second-order valence-corrected chi connectivity index (χ2v) is 5.26. The largest absolute Gasteiger partial charge is 0.313 e. The van der Waals surface area contributed by atoms with E-state index < -0.39 is 0 Å². The van der Waals surface area contributed by atoms with Crippen LogP contribution >= 0.6 is 0 Å². The fraction of sp³-hybridized carbons (Fsp3) is 0.571. The van der Waals surface area contributed by atoms with Crippen LogP contribution in [0.5, 0.6) is 0 Å². The summed E-state index contributed by atoms with van der Waals surface area (Å²) in [5.74, 6) is 1.86. The highest BCUT2D eigenvalue weighted by Crippen LogP contribution is 2.24. The highest BCUT2D eigenvalue weighted by Gasteiger charge is 2.22. The molecular formula is C14H20N4. The number of rotatable bonds is 4. The lowest BCUT2D eigenvalue weighted by Crippen LogP contribution is -2.32. The Balaban J connectivity index is 1.60. The number of pyridine rings is 1. The summed E-state index contributed by atoms with van der Waals surface area (Å²) in [5.41, 5.74) is 0.932. The number of fused-ring (bicyclic) bond motifs is 1. The van der Waals surface area contributed by atoms with Crippen molar-refractivity contribution in [3.05, 3.63) is 30.2 Å². The van der Waals surface area contributed by atoms with Gasteiger partial charge in [-0.2, -0.15) is 0 Å². The van der Waals surface area contributed by atoms with Crippen LogP contribution in [-0.4, -0.2) is 27.2 Å². The van der Waals surface area contributed by atoms with E-state index in [9.17, 15) is 0 Å². The molecule has 4 nitrogen and oxygen atoms in total. The van der Waals surface area contributed by atoms with Crippen molar-refractivity contribution < 1.29 is 0 Å². The molecule has 0 saturated heterocycles. The molecular weight excluding hydrogens is 224 g/mol. The van der Waals surface area contributed by atoms with Gasteiger partial charge in [-0.15, -0.1) is 10.2 Å². The van der Waals surface area contributed by atoms with E-state index in [0.29, 0.717) is 6.04 Å². The second-order valence-electron chi connectivity index (χ2n) is 5.26. The zero-order valence-electron chi connectivity index (χ0n) is 10.8. The summed E-state index contributed by atoms with van der Waals surface area (Å²) < 4.78 is 2.07. The van der Waals surface area contributed by atoms with Gasteiger partial charge in [0.05, 0.1) is 0 Å². The Bertz CT molecular complexity index is 519. The molecule has 2 unspecified atom stereocenters. The van der Waals surface area contributed by atoms with Crippen molar-refractivity contribution in [1.29, 1.82) is 0 Å². The number of aromatic nitrogens is 3. The van der Waals surface area contributed by atoms with Crippen molar-refractivity contribution in [2.75, 3.05) is 6.54 Å². The lowest BCUT2D eigenvalue weighted by Gasteiger charge is -2.16. The van der Waals surface area contributed by atoms with Gasteiger partial charge < -0.3 is 5.32 Å². The molecule has 3 rings (SSSR count). The van der Waals surface area contributed by atoms with E-state index in [4.69, 9.17) is 0 Å². The highest BCUT2D eigenvalue weighted by atomic mass is 15.2. The molecule has 2 heterocycles. The maximum Gasteiger partial charge on any atom is 0.160 e. The third-order valence-corrected chi connectivity index (χ3v) is 4.00. The third-order valence-electron chi connectivity index (χ3n) is 4.00.